The summed E-state index contributed by atoms with van der Waals surface area (Å²) in [7, 11) is 0. The number of hydrogen-bond donors (Lipinski definition) is 2. The van der Waals surface area contributed by atoms with Crippen molar-refractivity contribution >= 4 is 23.3 Å². The standard InChI is InChI=1S/C14H13N5O2/c20-13(10-5-6-16-17-9-10)18-11-1-3-12(4-2-11)19-8-7-15-14(19)21/h1-6,9H,7-8H2,(H,15,21)(H,18,20). The topological polar surface area (TPSA) is 87.2 Å². The summed E-state index contributed by atoms with van der Waals surface area (Å²) in [6, 6.07) is 8.60. The van der Waals surface area contributed by atoms with Crippen molar-refractivity contribution in [2.75, 3.05) is 23.3 Å². The van der Waals surface area contributed by atoms with Crippen molar-refractivity contribution < 1.29 is 9.59 Å². The number of carbonyl (C=O) groups is 2. The SMILES string of the molecule is O=C(Nc1ccc(N2CCNC2=O)cc1)c1ccnnc1. The summed E-state index contributed by atoms with van der Waals surface area (Å²) in [6.07, 6.45) is 2.86. The predicted molar refractivity (Wildman–Crippen MR) is 77.2 cm³/mol. The molecule has 0 atom stereocenters. The maximum atomic E-state index is 12.0. The van der Waals surface area contributed by atoms with Crippen LogP contribution in [0.4, 0.5) is 16.2 Å². The fourth-order valence-corrected chi connectivity index (χ4v) is 2.07. The first kappa shape index (κ1) is 13.0. The van der Waals surface area contributed by atoms with Crippen molar-refractivity contribution in [1.82, 2.24) is 15.5 Å². The normalized spacial score (nSPS) is 13.9. The molecule has 2 aromatic rings. The van der Waals surface area contributed by atoms with E-state index in [0.717, 1.165) is 5.69 Å². The van der Waals surface area contributed by atoms with Gasteiger partial charge in [0.15, 0.2) is 0 Å². The molecule has 0 spiro atoms. The third kappa shape index (κ3) is 2.81. The van der Waals surface area contributed by atoms with E-state index in [4.69, 9.17) is 0 Å². The van der Waals surface area contributed by atoms with Crippen LogP contribution in [0.15, 0.2) is 42.7 Å². The summed E-state index contributed by atoms with van der Waals surface area (Å²) in [5.74, 6) is -0.253. The van der Waals surface area contributed by atoms with Crippen LogP contribution in [-0.2, 0) is 0 Å². The molecule has 106 valence electrons. The van der Waals surface area contributed by atoms with E-state index in [1.807, 2.05) is 0 Å². The molecule has 0 saturated carbocycles. The molecule has 0 radical (unpaired) electrons. The van der Waals surface area contributed by atoms with Crippen LogP contribution in [0.5, 0.6) is 0 Å². The van der Waals surface area contributed by atoms with Crippen LogP contribution in [-0.4, -0.2) is 35.2 Å². The molecular formula is C14H13N5O2. The molecule has 3 rings (SSSR count). The summed E-state index contributed by atoms with van der Waals surface area (Å²) in [5, 5.41) is 12.8. The van der Waals surface area contributed by atoms with Gasteiger partial charge in [0.1, 0.15) is 0 Å². The van der Waals surface area contributed by atoms with E-state index in [9.17, 15) is 9.59 Å². The molecule has 7 nitrogen and oxygen atoms in total. The number of aromatic nitrogens is 2. The van der Waals surface area contributed by atoms with Crippen molar-refractivity contribution in [3.63, 3.8) is 0 Å². The van der Waals surface area contributed by atoms with Crippen LogP contribution in [0.1, 0.15) is 10.4 Å². The van der Waals surface area contributed by atoms with Gasteiger partial charge in [-0.05, 0) is 30.3 Å². The summed E-state index contributed by atoms with van der Waals surface area (Å²) in [5.41, 5.74) is 1.89. The van der Waals surface area contributed by atoms with E-state index in [1.165, 1.54) is 12.4 Å². The second-order valence-electron chi connectivity index (χ2n) is 4.52. The van der Waals surface area contributed by atoms with Crippen LogP contribution in [0.25, 0.3) is 0 Å². The Labute approximate surface area is 121 Å². The average Bonchev–Trinajstić information content (AvgIpc) is 2.95. The van der Waals surface area contributed by atoms with Crippen molar-refractivity contribution in [1.29, 1.82) is 0 Å². The van der Waals surface area contributed by atoms with Gasteiger partial charge in [-0.15, -0.1) is 0 Å². The Morgan fingerprint density at radius 1 is 1.19 bits per heavy atom. The molecule has 7 heteroatoms. The number of amides is 3. The summed E-state index contributed by atoms with van der Waals surface area (Å²) in [6.45, 7) is 1.29. The number of nitrogens with one attached hydrogen (secondary N) is 2. The Hall–Kier alpha value is -2.96. The van der Waals surface area contributed by atoms with Gasteiger partial charge in [0, 0.05) is 24.5 Å². The zero-order chi connectivity index (χ0) is 14.7. The summed E-state index contributed by atoms with van der Waals surface area (Å²) < 4.78 is 0. The molecule has 1 aromatic carbocycles. The lowest BCUT2D eigenvalue weighted by molar-refractivity contribution is 0.102. The minimum atomic E-state index is -0.253. The number of hydrogen-bond acceptors (Lipinski definition) is 4. The Morgan fingerprint density at radius 2 is 2.00 bits per heavy atom. The highest BCUT2D eigenvalue weighted by Gasteiger charge is 2.20. The lowest BCUT2D eigenvalue weighted by atomic mass is 10.2. The maximum Gasteiger partial charge on any atom is 0.321 e. The molecule has 21 heavy (non-hydrogen) atoms. The van der Waals surface area contributed by atoms with Gasteiger partial charge in [-0.3, -0.25) is 9.69 Å². The van der Waals surface area contributed by atoms with E-state index in [0.29, 0.717) is 24.3 Å². The number of carbonyl (C=O) groups excluding carboxylic acids is 2. The van der Waals surface area contributed by atoms with Crippen molar-refractivity contribution in [2.45, 2.75) is 0 Å². The second-order valence-corrected chi connectivity index (χ2v) is 4.52. The number of nitrogens with zero attached hydrogens (tertiary/aromatic N) is 3. The molecule has 0 bridgehead atoms. The maximum absolute atomic E-state index is 12.0. The third-order valence-corrected chi connectivity index (χ3v) is 3.14. The van der Waals surface area contributed by atoms with Crippen molar-refractivity contribution in [2.24, 2.45) is 0 Å². The summed E-state index contributed by atoms with van der Waals surface area (Å²) >= 11 is 0. The molecule has 1 aromatic heterocycles. The Bertz CT molecular complexity index is 657. The Kier molecular flexibility index (Phi) is 3.46. The number of urea groups is 1. The van der Waals surface area contributed by atoms with Crippen LogP contribution >= 0.6 is 0 Å². The fourth-order valence-electron chi connectivity index (χ4n) is 2.07. The minimum absolute atomic E-state index is 0.102. The smallest absolute Gasteiger partial charge is 0.321 e. The van der Waals surface area contributed by atoms with E-state index in [-0.39, 0.29) is 11.9 Å². The highest BCUT2D eigenvalue weighted by atomic mass is 16.2. The van der Waals surface area contributed by atoms with Gasteiger partial charge in [-0.2, -0.15) is 10.2 Å². The van der Waals surface area contributed by atoms with Crippen LogP contribution in [0.2, 0.25) is 0 Å². The molecule has 3 amide bonds. The Morgan fingerprint density at radius 3 is 2.62 bits per heavy atom. The largest absolute Gasteiger partial charge is 0.336 e. The zero-order valence-corrected chi connectivity index (χ0v) is 11.1. The third-order valence-electron chi connectivity index (χ3n) is 3.14. The molecule has 2 N–H and O–H groups in total. The van der Waals surface area contributed by atoms with Crippen molar-refractivity contribution in [3.8, 4) is 0 Å². The second kappa shape index (κ2) is 5.58. The highest BCUT2D eigenvalue weighted by molar-refractivity contribution is 6.04. The zero-order valence-electron chi connectivity index (χ0n) is 11.1. The molecule has 2 heterocycles. The molecule has 1 aliphatic heterocycles. The molecule has 1 fully saturated rings. The van der Waals surface area contributed by atoms with Gasteiger partial charge in [0.25, 0.3) is 5.91 Å². The fraction of sp³-hybridized carbons (Fsp3) is 0.143. The molecule has 1 saturated heterocycles. The van der Waals surface area contributed by atoms with E-state index in [1.54, 1.807) is 35.2 Å². The van der Waals surface area contributed by atoms with Crippen LogP contribution in [0.3, 0.4) is 0 Å². The van der Waals surface area contributed by atoms with E-state index >= 15 is 0 Å². The quantitative estimate of drug-likeness (QED) is 0.887. The Balaban J connectivity index is 1.70. The number of anilines is 2. The monoisotopic (exact) mass is 283 g/mol. The number of benzene rings is 1. The first-order valence-electron chi connectivity index (χ1n) is 6.47. The van der Waals surface area contributed by atoms with Gasteiger partial charge < -0.3 is 10.6 Å². The first-order valence-corrected chi connectivity index (χ1v) is 6.47. The predicted octanol–water partition coefficient (Wildman–Crippen LogP) is 1.26. The first-order chi connectivity index (χ1) is 10.2. The van der Waals surface area contributed by atoms with E-state index in [2.05, 4.69) is 20.8 Å². The van der Waals surface area contributed by atoms with Gasteiger partial charge in [0.05, 0.1) is 18.0 Å². The van der Waals surface area contributed by atoms with Gasteiger partial charge >= 0.3 is 6.03 Å². The highest BCUT2D eigenvalue weighted by Crippen LogP contribution is 2.19. The van der Waals surface area contributed by atoms with Gasteiger partial charge in [-0.1, -0.05) is 0 Å². The molecular weight excluding hydrogens is 270 g/mol. The van der Waals surface area contributed by atoms with Crippen LogP contribution < -0.4 is 15.5 Å². The minimum Gasteiger partial charge on any atom is -0.336 e. The van der Waals surface area contributed by atoms with E-state index < -0.39 is 0 Å². The van der Waals surface area contributed by atoms with Gasteiger partial charge in [-0.25, -0.2) is 4.79 Å². The van der Waals surface area contributed by atoms with Crippen LogP contribution in [0, 0.1) is 0 Å². The molecule has 1 aliphatic rings. The van der Waals surface area contributed by atoms with Gasteiger partial charge in [0.2, 0.25) is 0 Å². The van der Waals surface area contributed by atoms with Crippen molar-refractivity contribution in [3.05, 3.63) is 48.3 Å². The molecule has 0 aliphatic carbocycles. The molecule has 0 unspecified atom stereocenters. The number of rotatable bonds is 3. The average molecular weight is 283 g/mol. The lowest BCUT2D eigenvalue weighted by Crippen LogP contribution is -2.27. The summed E-state index contributed by atoms with van der Waals surface area (Å²) in [4.78, 5) is 25.2. The lowest BCUT2D eigenvalue weighted by Gasteiger charge is -2.14.